The number of ether oxygens (including phenoxy) is 1. The molecule has 0 saturated carbocycles. The monoisotopic (exact) mass is 334 g/mol. The van der Waals surface area contributed by atoms with Gasteiger partial charge < -0.3 is 15.4 Å². The van der Waals surface area contributed by atoms with E-state index in [1.54, 1.807) is 18.2 Å². The van der Waals surface area contributed by atoms with Crippen molar-refractivity contribution >= 4 is 29.1 Å². The van der Waals surface area contributed by atoms with E-state index in [1.165, 1.54) is 13.3 Å². The van der Waals surface area contributed by atoms with Gasteiger partial charge in [-0.2, -0.15) is 0 Å². The van der Waals surface area contributed by atoms with E-state index in [0.29, 0.717) is 22.4 Å². The van der Waals surface area contributed by atoms with Gasteiger partial charge in [0.2, 0.25) is 5.95 Å². The molecule has 0 aliphatic carbocycles. The van der Waals surface area contributed by atoms with Gasteiger partial charge in [0.15, 0.2) is 0 Å². The van der Waals surface area contributed by atoms with E-state index in [2.05, 4.69) is 20.6 Å². The fraction of sp³-hybridized carbons (Fsp3) is 0.312. The van der Waals surface area contributed by atoms with Crippen LogP contribution in [0.25, 0.3) is 0 Å². The number of hydrogen-bond donors (Lipinski definition) is 2. The maximum Gasteiger partial charge on any atom is 0.274 e. The lowest BCUT2D eigenvalue weighted by atomic mass is 10.2. The Bertz CT molecular complexity index is 719. The second-order valence-electron chi connectivity index (χ2n) is 5.32. The fourth-order valence-electron chi connectivity index (χ4n) is 1.93. The van der Waals surface area contributed by atoms with Crippen molar-refractivity contribution in [1.29, 1.82) is 0 Å². The Balaban J connectivity index is 2.24. The number of rotatable bonds is 5. The number of halogens is 1. The Morgan fingerprint density at radius 3 is 2.74 bits per heavy atom. The molecule has 0 spiro atoms. The van der Waals surface area contributed by atoms with Gasteiger partial charge in [0.05, 0.1) is 12.8 Å². The number of amides is 1. The molecular formula is C16H19ClN4O2. The number of aromatic nitrogens is 2. The first-order valence-electron chi connectivity index (χ1n) is 7.15. The molecule has 1 amide bonds. The third-order valence-electron chi connectivity index (χ3n) is 3.03. The number of carbonyl (C=O) groups excluding carboxylic acids is 1. The highest BCUT2D eigenvalue weighted by Gasteiger charge is 2.14. The van der Waals surface area contributed by atoms with E-state index < -0.39 is 0 Å². The molecular weight excluding hydrogens is 316 g/mol. The average Bonchev–Trinajstić information content (AvgIpc) is 2.50. The van der Waals surface area contributed by atoms with Gasteiger partial charge in [0.25, 0.3) is 5.91 Å². The Hall–Kier alpha value is -2.34. The van der Waals surface area contributed by atoms with Gasteiger partial charge in [0.1, 0.15) is 11.4 Å². The lowest BCUT2D eigenvalue weighted by molar-refractivity contribution is 0.102. The molecule has 2 rings (SSSR count). The summed E-state index contributed by atoms with van der Waals surface area (Å²) in [5.41, 5.74) is 1.64. The topological polar surface area (TPSA) is 76.1 Å². The maximum absolute atomic E-state index is 12.4. The zero-order chi connectivity index (χ0) is 17.0. The largest absolute Gasteiger partial charge is 0.495 e. The van der Waals surface area contributed by atoms with Crippen molar-refractivity contribution in [3.63, 3.8) is 0 Å². The van der Waals surface area contributed by atoms with Gasteiger partial charge in [-0.15, -0.1) is 0 Å². The molecule has 1 aromatic carbocycles. The molecule has 0 atom stereocenters. The molecule has 0 saturated heterocycles. The highest BCUT2D eigenvalue weighted by atomic mass is 35.5. The lowest BCUT2D eigenvalue weighted by Gasteiger charge is -2.13. The second-order valence-corrected chi connectivity index (χ2v) is 5.73. The van der Waals surface area contributed by atoms with Crippen molar-refractivity contribution in [2.45, 2.75) is 26.8 Å². The van der Waals surface area contributed by atoms with Gasteiger partial charge >= 0.3 is 0 Å². The number of aryl methyl sites for hydroxylation is 1. The zero-order valence-corrected chi connectivity index (χ0v) is 14.2. The zero-order valence-electron chi connectivity index (χ0n) is 13.5. The van der Waals surface area contributed by atoms with Crippen LogP contribution in [0, 0.1) is 6.92 Å². The average molecular weight is 335 g/mol. The van der Waals surface area contributed by atoms with Gasteiger partial charge in [-0.3, -0.25) is 4.79 Å². The molecule has 2 N–H and O–H groups in total. The van der Waals surface area contributed by atoms with Crippen LogP contribution in [0.15, 0.2) is 24.4 Å². The second kappa shape index (κ2) is 7.28. The molecule has 0 aliphatic heterocycles. The first-order chi connectivity index (χ1) is 10.9. The van der Waals surface area contributed by atoms with Crippen LogP contribution < -0.4 is 15.4 Å². The fourth-order valence-corrected chi connectivity index (χ4v) is 2.08. The summed E-state index contributed by atoms with van der Waals surface area (Å²) >= 11 is 6.07. The SMILES string of the molecule is COc1cc(Cl)c(C)cc1NC(=O)c1ccnc(NC(C)C)n1. The minimum Gasteiger partial charge on any atom is -0.495 e. The van der Waals surface area contributed by atoms with Crippen molar-refractivity contribution in [2.24, 2.45) is 0 Å². The molecule has 1 aromatic heterocycles. The minimum absolute atomic E-state index is 0.173. The number of benzene rings is 1. The molecule has 0 bridgehead atoms. The molecule has 7 heteroatoms. The number of nitrogens with zero attached hydrogens (tertiary/aromatic N) is 2. The van der Waals surface area contributed by atoms with Crippen molar-refractivity contribution in [3.8, 4) is 5.75 Å². The summed E-state index contributed by atoms with van der Waals surface area (Å²) in [6.45, 7) is 5.79. The van der Waals surface area contributed by atoms with E-state index in [0.717, 1.165) is 5.56 Å². The smallest absolute Gasteiger partial charge is 0.274 e. The number of anilines is 2. The Morgan fingerprint density at radius 2 is 2.09 bits per heavy atom. The van der Waals surface area contributed by atoms with Crippen molar-refractivity contribution in [3.05, 3.63) is 40.7 Å². The summed E-state index contributed by atoms with van der Waals surface area (Å²) in [4.78, 5) is 20.7. The normalized spacial score (nSPS) is 10.5. The highest BCUT2D eigenvalue weighted by Crippen LogP contribution is 2.31. The van der Waals surface area contributed by atoms with E-state index in [1.807, 2.05) is 20.8 Å². The Labute approximate surface area is 140 Å². The van der Waals surface area contributed by atoms with Crippen LogP contribution in [0.2, 0.25) is 5.02 Å². The van der Waals surface area contributed by atoms with Crippen LogP contribution in [-0.4, -0.2) is 29.0 Å². The number of nitrogens with one attached hydrogen (secondary N) is 2. The summed E-state index contributed by atoms with van der Waals surface area (Å²) in [5, 5.41) is 6.42. The number of hydrogen-bond acceptors (Lipinski definition) is 5. The summed E-state index contributed by atoms with van der Waals surface area (Å²) in [6.07, 6.45) is 1.54. The lowest BCUT2D eigenvalue weighted by Crippen LogP contribution is -2.18. The van der Waals surface area contributed by atoms with Crippen LogP contribution >= 0.6 is 11.6 Å². The van der Waals surface area contributed by atoms with E-state index >= 15 is 0 Å². The third-order valence-corrected chi connectivity index (χ3v) is 3.44. The molecule has 23 heavy (non-hydrogen) atoms. The summed E-state index contributed by atoms with van der Waals surface area (Å²) in [5.74, 6) is 0.551. The molecule has 0 unspecified atom stereocenters. The van der Waals surface area contributed by atoms with Crippen LogP contribution in [0.3, 0.4) is 0 Å². The first-order valence-corrected chi connectivity index (χ1v) is 7.53. The quantitative estimate of drug-likeness (QED) is 0.875. The first kappa shape index (κ1) is 17.0. The van der Waals surface area contributed by atoms with Gasteiger partial charge in [-0.05, 0) is 38.5 Å². The standard InChI is InChI=1S/C16H19ClN4O2/c1-9(2)19-16-18-6-5-12(21-16)15(22)20-13-7-10(3)11(17)8-14(13)23-4/h5-9H,1-4H3,(H,20,22)(H,18,19,21). The van der Waals surface area contributed by atoms with E-state index in [9.17, 15) is 4.79 Å². The molecule has 1 heterocycles. The predicted molar refractivity (Wildman–Crippen MR) is 91.5 cm³/mol. The van der Waals surface area contributed by atoms with Gasteiger partial charge in [-0.25, -0.2) is 9.97 Å². The summed E-state index contributed by atoms with van der Waals surface area (Å²) in [6, 6.07) is 5.15. The Kier molecular flexibility index (Phi) is 5.39. The number of carbonyl (C=O) groups is 1. The number of methoxy groups -OCH3 is 1. The van der Waals surface area contributed by atoms with Gasteiger partial charge in [0, 0.05) is 23.3 Å². The summed E-state index contributed by atoms with van der Waals surface area (Å²) < 4.78 is 5.25. The molecule has 0 radical (unpaired) electrons. The maximum atomic E-state index is 12.4. The predicted octanol–water partition coefficient (Wildman–Crippen LogP) is 3.52. The van der Waals surface area contributed by atoms with Crippen LogP contribution in [0.4, 0.5) is 11.6 Å². The van der Waals surface area contributed by atoms with Gasteiger partial charge in [-0.1, -0.05) is 11.6 Å². The highest BCUT2D eigenvalue weighted by molar-refractivity contribution is 6.31. The van der Waals surface area contributed by atoms with Crippen LogP contribution in [0.1, 0.15) is 29.9 Å². The van der Waals surface area contributed by atoms with Crippen LogP contribution in [-0.2, 0) is 0 Å². The van der Waals surface area contributed by atoms with Crippen molar-refractivity contribution in [1.82, 2.24) is 9.97 Å². The van der Waals surface area contributed by atoms with Crippen molar-refractivity contribution in [2.75, 3.05) is 17.7 Å². The Morgan fingerprint density at radius 1 is 1.35 bits per heavy atom. The van der Waals surface area contributed by atoms with Crippen molar-refractivity contribution < 1.29 is 9.53 Å². The molecule has 6 nitrogen and oxygen atoms in total. The molecule has 2 aromatic rings. The third kappa shape index (κ3) is 4.32. The molecule has 0 aliphatic rings. The molecule has 0 fully saturated rings. The molecule has 122 valence electrons. The van der Waals surface area contributed by atoms with E-state index in [-0.39, 0.29) is 17.6 Å². The summed E-state index contributed by atoms with van der Waals surface area (Å²) in [7, 11) is 1.52. The van der Waals surface area contributed by atoms with E-state index in [4.69, 9.17) is 16.3 Å². The minimum atomic E-state index is -0.348. The van der Waals surface area contributed by atoms with Crippen LogP contribution in [0.5, 0.6) is 5.75 Å².